The summed E-state index contributed by atoms with van der Waals surface area (Å²) in [5.41, 5.74) is 9.16. The summed E-state index contributed by atoms with van der Waals surface area (Å²) in [4.78, 5) is 12.4. The number of nitrogens with two attached hydrogens (primary N) is 1. The number of halogens is 1. The van der Waals surface area contributed by atoms with Gasteiger partial charge in [0.2, 0.25) is 0 Å². The van der Waals surface area contributed by atoms with Crippen molar-refractivity contribution in [3.63, 3.8) is 0 Å². The van der Waals surface area contributed by atoms with E-state index in [1.165, 1.54) is 0 Å². The number of carbonyl (C=O) groups excluding carboxylic acids is 1. The average molecular weight is 436 g/mol. The maximum absolute atomic E-state index is 12.4. The van der Waals surface area contributed by atoms with Crippen LogP contribution in [0.3, 0.4) is 0 Å². The monoisotopic (exact) mass is 435 g/mol. The first-order valence-electron chi connectivity index (χ1n) is 10.2. The molecule has 158 valence electrons. The lowest BCUT2D eigenvalue weighted by Gasteiger charge is -2.22. The topological polar surface area (TPSA) is 86.6 Å². The third kappa shape index (κ3) is 3.78. The number of carbonyl (C=O) groups is 1. The summed E-state index contributed by atoms with van der Waals surface area (Å²) in [6.45, 7) is 1.92. The molecule has 1 saturated heterocycles. The van der Waals surface area contributed by atoms with Crippen LogP contribution in [0.5, 0.6) is 11.5 Å². The lowest BCUT2D eigenvalue weighted by molar-refractivity contribution is 0.251. The highest BCUT2D eigenvalue weighted by Gasteiger charge is 2.25. The number of piperidine rings is 1. The number of amides is 1. The van der Waals surface area contributed by atoms with Crippen molar-refractivity contribution in [1.82, 2.24) is 19.5 Å². The number of fused-ring (bicyclic) bond motifs is 1. The highest BCUT2D eigenvalue weighted by atomic mass is 35.5. The largest absolute Gasteiger partial charge is 0.457 e. The summed E-state index contributed by atoms with van der Waals surface area (Å²) >= 11 is 5.92. The van der Waals surface area contributed by atoms with E-state index in [0.717, 1.165) is 42.7 Å². The predicted molar refractivity (Wildman–Crippen MR) is 120 cm³/mol. The molecular formula is C23H22ClN5O2. The number of hydrogen-bond donors (Lipinski definition) is 2. The third-order valence-electron chi connectivity index (χ3n) is 5.69. The van der Waals surface area contributed by atoms with Gasteiger partial charge in [0.25, 0.3) is 0 Å². The minimum Gasteiger partial charge on any atom is -0.457 e. The van der Waals surface area contributed by atoms with Crippen LogP contribution < -0.4 is 15.8 Å². The Kier molecular flexibility index (Phi) is 5.13. The first kappa shape index (κ1) is 19.7. The van der Waals surface area contributed by atoms with Gasteiger partial charge < -0.3 is 15.8 Å². The Balaban J connectivity index is 1.49. The number of ether oxygens (including phenoxy) is 1. The number of primary amides is 1. The van der Waals surface area contributed by atoms with Gasteiger partial charge in [0.1, 0.15) is 17.1 Å². The Labute approximate surface area is 184 Å². The second-order valence-corrected chi connectivity index (χ2v) is 8.10. The van der Waals surface area contributed by atoms with E-state index >= 15 is 0 Å². The molecule has 1 aliphatic rings. The standard InChI is InChI=1S/C23H22ClN5O2/c24-17-3-7-19(8-4-17)31-18-5-1-16(2-6-18)21-14-28-22(29(21)23(25)30)20(13-27-28)15-9-11-26-12-10-15/h1-8,13-15,26H,9-12H2,(H2,25,30). The molecule has 1 amide bonds. The molecule has 3 N–H and O–H groups in total. The summed E-state index contributed by atoms with van der Waals surface area (Å²) in [5, 5.41) is 8.53. The number of rotatable bonds is 4. The van der Waals surface area contributed by atoms with E-state index in [2.05, 4.69) is 10.4 Å². The minimum atomic E-state index is -0.526. The molecule has 0 spiro atoms. The fraction of sp³-hybridized carbons (Fsp3) is 0.217. The summed E-state index contributed by atoms with van der Waals surface area (Å²) in [7, 11) is 0. The van der Waals surface area contributed by atoms with Crippen molar-refractivity contribution >= 4 is 23.3 Å². The van der Waals surface area contributed by atoms with Crippen LogP contribution in [0.15, 0.2) is 60.9 Å². The molecule has 0 bridgehead atoms. The predicted octanol–water partition coefficient (Wildman–Crippen LogP) is 4.64. The molecule has 2 aromatic heterocycles. The van der Waals surface area contributed by atoms with Crippen molar-refractivity contribution in [3.05, 3.63) is 71.5 Å². The van der Waals surface area contributed by atoms with Crippen LogP contribution in [0.2, 0.25) is 5.02 Å². The summed E-state index contributed by atoms with van der Waals surface area (Å²) in [5.74, 6) is 1.74. The maximum atomic E-state index is 12.4. The Hall–Kier alpha value is -3.29. The first-order chi connectivity index (χ1) is 15.1. The molecule has 0 unspecified atom stereocenters. The van der Waals surface area contributed by atoms with Crippen LogP contribution in [-0.4, -0.2) is 33.3 Å². The molecule has 1 aliphatic heterocycles. The quantitative estimate of drug-likeness (QED) is 0.488. The van der Waals surface area contributed by atoms with Gasteiger partial charge in [-0.15, -0.1) is 0 Å². The number of nitrogens with one attached hydrogen (secondary N) is 1. The van der Waals surface area contributed by atoms with E-state index in [9.17, 15) is 4.79 Å². The molecule has 3 heterocycles. The van der Waals surface area contributed by atoms with Crippen molar-refractivity contribution in [2.75, 3.05) is 13.1 Å². The first-order valence-corrected chi connectivity index (χ1v) is 10.6. The Morgan fingerprint density at radius 1 is 1.06 bits per heavy atom. The smallest absolute Gasteiger partial charge is 0.325 e. The lowest BCUT2D eigenvalue weighted by atomic mass is 9.92. The van der Waals surface area contributed by atoms with E-state index in [4.69, 9.17) is 22.1 Å². The second kappa shape index (κ2) is 8.09. The van der Waals surface area contributed by atoms with Gasteiger partial charge in [0.15, 0.2) is 0 Å². The number of hydrogen-bond acceptors (Lipinski definition) is 4. The van der Waals surface area contributed by atoms with Crippen LogP contribution in [0.1, 0.15) is 24.3 Å². The van der Waals surface area contributed by atoms with Crippen LogP contribution in [0.4, 0.5) is 4.79 Å². The molecule has 0 atom stereocenters. The molecule has 4 aromatic rings. The van der Waals surface area contributed by atoms with E-state index in [0.29, 0.717) is 28.1 Å². The number of nitrogens with zero attached hydrogens (tertiary/aromatic N) is 3. The molecular weight excluding hydrogens is 414 g/mol. The molecule has 0 aliphatic carbocycles. The highest BCUT2D eigenvalue weighted by Crippen LogP contribution is 2.33. The summed E-state index contributed by atoms with van der Waals surface area (Å²) < 4.78 is 9.16. The Morgan fingerprint density at radius 3 is 2.35 bits per heavy atom. The van der Waals surface area contributed by atoms with Crippen LogP contribution >= 0.6 is 11.6 Å². The van der Waals surface area contributed by atoms with Gasteiger partial charge >= 0.3 is 6.03 Å². The highest BCUT2D eigenvalue weighted by molar-refractivity contribution is 6.30. The molecule has 0 radical (unpaired) electrons. The number of imidazole rings is 1. The van der Waals surface area contributed by atoms with Gasteiger partial charge in [-0.2, -0.15) is 5.10 Å². The normalized spacial score (nSPS) is 14.7. The minimum absolute atomic E-state index is 0.356. The van der Waals surface area contributed by atoms with Crippen molar-refractivity contribution in [3.8, 4) is 22.8 Å². The summed E-state index contributed by atoms with van der Waals surface area (Å²) in [6, 6.07) is 14.2. The zero-order valence-corrected chi connectivity index (χ0v) is 17.5. The number of benzene rings is 2. The van der Waals surface area contributed by atoms with Gasteiger partial charge in [-0.05, 0) is 80.4 Å². The molecule has 2 aromatic carbocycles. The van der Waals surface area contributed by atoms with Crippen molar-refractivity contribution in [1.29, 1.82) is 0 Å². The Bertz CT molecular complexity index is 1220. The second-order valence-electron chi connectivity index (χ2n) is 7.66. The van der Waals surface area contributed by atoms with Crippen molar-refractivity contribution in [2.24, 2.45) is 5.73 Å². The van der Waals surface area contributed by atoms with Gasteiger partial charge in [-0.3, -0.25) is 0 Å². The van der Waals surface area contributed by atoms with E-state index in [1.54, 1.807) is 21.2 Å². The lowest BCUT2D eigenvalue weighted by Crippen LogP contribution is -2.27. The van der Waals surface area contributed by atoms with Crippen LogP contribution in [0, 0.1) is 0 Å². The maximum Gasteiger partial charge on any atom is 0.325 e. The van der Waals surface area contributed by atoms with Gasteiger partial charge in [-0.25, -0.2) is 13.9 Å². The number of aromatic nitrogens is 3. The molecule has 5 rings (SSSR count). The molecule has 0 saturated carbocycles. The SMILES string of the molecule is NC(=O)n1c(-c2ccc(Oc3ccc(Cl)cc3)cc2)cn2ncc(C3CCNCC3)c12. The van der Waals surface area contributed by atoms with Crippen LogP contribution in [-0.2, 0) is 0 Å². The molecule has 8 heteroatoms. The average Bonchev–Trinajstić information content (AvgIpc) is 3.36. The fourth-order valence-electron chi connectivity index (χ4n) is 4.16. The van der Waals surface area contributed by atoms with Gasteiger partial charge in [0.05, 0.1) is 18.1 Å². The van der Waals surface area contributed by atoms with E-state index < -0.39 is 6.03 Å². The van der Waals surface area contributed by atoms with E-state index in [1.807, 2.05) is 48.8 Å². The van der Waals surface area contributed by atoms with Crippen molar-refractivity contribution < 1.29 is 9.53 Å². The van der Waals surface area contributed by atoms with Gasteiger partial charge in [-0.1, -0.05) is 11.6 Å². The Morgan fingerprint density at radius 2 is 1.71 bits per heavy atom. The molecule has 1 fully saturated rings. The third-order valence-corrected chi connectivity index (χ3v) is 5.94. The van der Waals surface area contributed by atoms with Crippen molar-refractivity contribution in [2.45, 2.75) is 18.8 Å². The summed E-state index contributed by atoms with van der Waals surface area (Å²) in [6.07, 6.45) is 5.73. The zero-order chi connectivity index (χ0) is 21.4. The van der Waals surface area contributed by atoms with Crippen LogP contribution in [0.25, 0.3) is 16.9 Å². The fourth-order valence-corrected chi connectivity index (χ4v) is 4.29. The molecule has 31 heavy (non-hydrogen) atoms. The van der Waals surface area contributed by atoms with Gasteiger partial charge in [0, 0.05) is 16.1 Å². The van der Waals surface area contributed by atoms with E-state index in [-0.39, 0.29) is 0 Å². The molecule has 7 nitrogen and oxygen atoms in total. The zero-order valence-electron chi connectivity index (χ0n) is 16.8.